The van der Waals surface area contributed by atoms with Gasteiger partial charge in [-0.1, -0.05) is 153 Å². The molecule has 0 spiro atoms. The summed E-state index contributed by atoms with van der Waals surface area (Å²) in [5.74, 6) is 3.28. The molecule has 272 valence electrons. The van der Waals surface area contributed by atoms with Gasteiger partial charge in [-0.05, 0) is 68.7 Å². The van der Waals surface area contributed by atoms with Crippen LogP contribution in [0.3, 0.4) is 0 Å². The summed E-state index contributed by atoms with van der Waals surface area (Å²) in [4.78, 5) is 2.36. The van der Waals surface area contributed by atoms with Crippen molar-refractivity contribution < 1.29 is 13.9 Å². The van der Waals surface area contributed by atoms with Gasteiger partial charge in [0.25, 0.3) is 6.71 Å². The number of nitrogens with zero attached hydrogens (tertiary/aromatic N) is 1. The number of ether oxygens (including phenoxy) is 2. The van der Waals surface area contributed by atoms with E-state index in [9.17, 15) is 0 Å². The summed E-state index contributed by atoms with van der Waals surface area (Å²) in [6.07, 6.45) is 0. The standard InChI is InChI=1S/C51H38BNO3Si/c1-57(2,3)49-24-13-11-21-42(49)53(43-22-14-20-39-38-19-10-12-23-44(38)56-51(39)43)37-31-47-50-48(32-37)55-46-30-36(34-17-8-5-9-18-34)26-28-41(46)52(50)40-27-25-35(29-45(40)54-47)33-15-6-4-7-16-33/h4-32H,1-3H3. The van der Waals surface area contributed by atoms with E-state index >= 15 is 0 Å². The van der Waals surface area contributed by atoms with Crippen LogP contribution in [0.1, 0.15) is 0 Å². The van der Waals surface area contributed by atoms with E-state index in [1.807, 2.05) is 12.1 Å². The lowest BCUT2D eigenvalue weighted by atomic mass is 9.34. The second-order valence-electron chi connectivity index (χ2n) is 16.1. The fraction of sp³-hybridized carbons (Fsp3) is 0.0588. The maximum atomic E-state index is 7.07. The van der Waals surface area contributed by atoms with Crippen molar-refractivity contribution >= 4 is 75.4 Å². The highest BCUT2D eigenvalue weighted by Gasteiger charge is 2.41. The number of fused-ring (bicyclic) bond motifs is 7. The van der Waals surface area contributed by atoms with Crippen LogP contribution in [0.25, 0.3) is 44.2 Å². The third kappa shape index (κ3) is 5.51. The van der Waals surface area contributed by atoms with Crippen molar-refractivity contribution in [2.45, 2.75) is 19.6 Å². The molecular weight excluding hydrogens is 713 g/mol. The van der Waals surface area contributed by atoms with Gasteiger partial charge in [0, 0.05) is 34.1 Å². The zero-order valence-electron chi connectivity index (χ0n) is 32.0. The quantitative estimate of drug-likeness (QED) is 0.159. The number of benzene rings is 8. The van der Waals surface area contributed by atoms with Gasteiger partial charge in [0.1, 0.15) is 28.6 Å². The van der Waals surface area contributed by atoms with Crippen LogP contribution in [0.4, 0.5) is 17.1 Å². The van der Waals surface area contributed by atoms with Crippen LogP contribution in [0.5, 0.6) is 23.0 Å². The maximum absolute atomic E-state index is 7.07. The van der Waals surface area contributed by atoms with Gasteiger partial charge in [-0.3, -0.25) is 0 Å². The molecular formula is C51H38BNO3Si. The molecule has 2 aliphatic rings. The second-order valence-corrected chi connectivity index (χ2v) is 21.1. The zero-order chi connectivity index (χ0) is 38.3. The Labute approximate surface area is 333 Å². The Morgan fingerprint density at radius 1 is 0.456 bits per heavy atom. The van der Waals surface area contributed by atoms with E-state index in [-0.39, 0.29) is 6.71 Å². The molecule has 9 aromatic rings. The lowest BCUT2D eigenvalue weighted by molar-refractivity contribution is 0.465. The summed E-state index contributed by atoms with van der Waals surface area (Å²) in [7, 11) is -1.86. The number of para-hydroxylation sites is 3. The summed E-state index contributed by atoms with van der Waals surface area (Å²) in [5, 5.41) is 3.52. The highest BCUT2D eigenvalue weighted by molar-refractivity contribution is 6.98. The fourth-order valence-electron chi connectivity index (χ4n) is 8.85. The molecule has 3 heterocycles. The number of anilines is 3. The summed E-state index contributed by atoms with van der Waals surface area (Å²) >= 11 is 0. The van der Waals surface area contributed by atoms with Gasteiger partial charge in [0.15, 0.2) is 5.58 Å². The lowest BCUT2D eigenvalue weighted by Gasteiger charge is -2.36. The Bertz CT molecular complexity index is 2910. The molecule has 0 saturated carbocycles. The van der Waals surface area contributed by atoms with Gasteiger partial charge in [-0.15, -0.1) is 0 Å². The summed E-state index contributed by atoms with van der Waals surface area (Å²) in [5.41, 5.74) is 12.5. The van der Waals surface area contributed by atoms with Gasteiger partial charge in [-0.2, -0.15) is 0 Å². The van der Waals surface area contributed by atoms with Gasteiger partial charge in [0.05, 0.1) is 19.4 Å². The summed E-state index contributed by atoms with van der Waals surface area (Å²) in [6.45, 7) is 7.14. The van der Waals surface area contributed by atoms with Gasteiger partial charge in [-0.25, -0.2) is 0 Å². The highest BCUT2D eigenvalue weighted by Crippen LogP contribution is 2.46. The Morgan fingerprint density at radius 3 is 1.63 bits per heavy atom. The van der Waals surface area contributed by atoms with Gasteiger partial charge in [0.2, 0.25) is 0 Å². The first kappa shape index (κ1) is 33.6. The average Bonchev–Trinajstić information content (AvgIpc) is 3.63. The van der Waals surface area contributed by atoms with E-state index in [0.717, 1.165) is 101 Å². The van der Waals surface area contributed by atoms with E-state index < -0.39 is 8.07 Å². The smallest absolute Gasteiger partial charge is 0.260 e. The third-order valence-corrected chi connectivity index (χ3v) is 13.6. The molecule has 11 rings (SSSR count). The van der Waals surface area contributed by atoms with E-state index in [1.165, 1.54) is 5.19 Å². The number of hydrogen-bond donors (Lipinski definition) is 0. The minimum atomic E-state index is -1.86. The molecule has 0 fully saturated rings. The van der Waals surface area contributed by atoms with Crippen LogP contribution in [-0.2, 0) is 0 Å². The largest absolute Gasteiger partial charge is 0.458 e. The minimum absolute atomic E-state index is 0.0762. The zero-order valence-corrected chi connectivity index (χ0v) is 33.0. The van der Waals surface area contributed by atoms with E-state index in [4.69, 9.17) is 13.9 Å². The normalized spacial score (nSPS) is 12.7. The highest BCUT2D eigenvalue weighted by atomic mass is 28.3. The third-order valence-electron chi connectivity index (χ3n) is 11.5. The molecule has 4 nitrogen and oxygen atoms in total. The first-order chi connectivity index (χ1) is 27.9. The molecule has 0 atom stereocenters. The van der Waals surface area contributed by atoms with Gasteiger partial charge < -0.3 is 18.8 Å². The van der Waals surface area contributed by atoms with Crippen molar-refractivity contribution in [3.8, 4) is 45.3 Å². The van der Waals surface area contributed by atoms with Crippen molar-refractivity contribution in [2.24, 2.45) is 0 Å². The molecule has 6 heteroatoms. The van der Waals surface area contributed by atoms with E-state index in [0.29, 0.717) is 0 Å². The first-order valence-corrected chi connectivity index (χ1v) is 23.1. The van der Waals surface area contributed by atoms with Crippen LogP contribution in [-0.4, -0.2) is 14.8 Å². The topological polar surface area (TPSA) is 34.8 Å². The Morgan fingerprint density at radius 2 is 1.00 bits per heavy atom. The molecule has 0 saturated heterocycles. The second kappa shape index (κ2) is 12.9. The van der Waals surface area contributed by atoms with Crippen LogP contribution in [0.2, 0.25) is 19.6 Å². The molecule has 8 aromatic carbocycles. The molecule has 2 aliphatic heterocycles. The average molecular weight is 752 g/mol. The predicted molar refractivity (Wildman–Crippen MR) is 240 cm³/mol. The van der Waals surface area contributed by atoms with Crippen molar-refractivity contribution in [1.82, 2.24) is 0 Å². The molecule has 0 aliphatic carbocycles. The predicted octanol–water partition coefficient (Wildman–Crippen LogP) is 11.7. The Kier molecular flexibility index (Phi) is 7.60. The van der Waals surface area contributed by atoms with Crippen molar-refractivity contribution in [2.75, 3.05) is 4.90 Å². The molecule has 0 N–H and O–H groups in total. The summed E-state index contributed by atoms with van der Waals surface area (Å²) < 4.78 is 20.9. The van der Waals surface area contributed by atoms with Crippen LogP contribution >= 0.6 is 0 Å². The Balaban J connectivity index is 1.17. The van der Waals surface area contributed by atoms with Crippen LogP contribution < -0.4 is 35.9 Å². The van der Waals surface area contributed by atoms with Gasteiger partial charge >= 0.3 is 0 Å². The van der Waals surface area contributed by atoms with Crippen molar-refractivity contribution in [1.29, 1.82) is 0 Å². The molecule has 0 amide bonds. The first-order valence-electron chi connectivity index (χ1n) is 19.6. The lowest BCUT2D eigenvalue weighted by Crippen LogP contribution is -2.57. The molecule has 0 bridgehead atoms. The number of furan rings is 1. The molecule has 0 radical (unpaired) electrons. The van der Waals surface area contributed by atoms with E-state index in [2.05, 4.69) is 188 Å². The van der Waals surface area contributed by atoms with Crippen molar-refractivity contribution in [3.05, 3.63) is 176 Å². The van der Waals surface area contributed by atoms with Crippen LogP contribution in [0, 0.1) is 0 Å². The molecule has 0 unspecified atom stereocenters. The van der Waals surface area contributed by atoms with Crippen molar-refractivity contribution in [3.63, 3.8) is 0 Å². The number of hydrogen-bond acceptors (Lipinski definition) is 4. The van der Waals surface area contributed by atoms with Crippen LogP contribution in [0.15, 0.2) is 180 Å². The monoisotopic (exact) mass is 751 g/mol. The SMILES string of the molecule is C[Si](C)(C)c1ccccc1N(c1cc2c3c(c1)Oc1cc(-c4ccccc4)ccc1B3c1ccc(-c3ccccc3)cc1O2)c1cccc2c1oc1ccccc12. The minimum Gasteiger partial charge on any atom is -0.458 e. The molecule has 57 heavy (non-hydrogen) atoms. The maximum Gasteiger partial charge on any atom is 0.260 e. The molecule has 1 aromatic heterocycles. The Hall–Kier alpha value is -6.76. The number of rotatable bonds is 6. The summed E-state index contributed by atoms with van der Waals surface area (Å²) in [6, 6.07) is 62.3. The van der Waals surface area contributed by atoms with E-state index in [1.54, 1.807) is 0 Å². The fourth-order valence-corrected chi connectivity index (χ4v) is 10.4.